The van der Waals surface area contributed by atoms with Gasteiger partial charge in [0, 0.05) is 7.05 Å². The van der Waals surface area contributed by atoms with Crippen molar-refractivity contribution < 1.29 is 0 Å². The largest absolute Gasteiger partial charge is 0.379 e. The van der Waals surface area contributed by atoms with Crippen molar-refractivity contribution in [2.75, 3.05) is 12.4 Å². The van der Waals surface area contributed by atoms with E-state index in [1.54, 1.807) is 0 Å². The van der Waals surface area contributed by atoms with Crippen LogP contribution in [0.3, 0.4) is 0 Å². The third-order valence-corrected chi connectivity index (χ3v) is 3.05. The van der Waals surface area contributed by atoms with Gasteiger partial charge in [-0.15, -0.1) is 11.3 Å². The average molecular weight is 227 g/mol. The van der Waals surface area contributed by atoms with Crippen molar-refractivity contribution in [3.63, 3.8) is 0 Å². The summed E-state index contributed by atoms with van der Waals surface area (Å²) in [6, 6.07) is 1.87. The van der Waals surface area contributed by atoms with Crippen LogP contribution in [0.1, 0.15) is 0 Å². The number of thiophene rings is 1. The standard InChI is InChI=1S/C5H5BrClNS/c1-8-5-3(6)2-4(7)9-5/h2,8H,1H3. The van der Waals surface area contributed by atoms with E-state index in [9.17, 15) is 0 Å². The predicted molar refractivity (Wildman–Crippen MR) is 46.6 cm³/mol. The van der Waals surface area contributed by atoms with Gasteiger partial charge in [-0.3, -0.25) is 0 Å². The number of hydrogen-bond acceptors (Lipinski definition) is 2. The lowest BCUT2D eigenvalue weighted by Gasteiger charge is -1.90. The fourth-order valence-corrected chi connectivity index (χ4v) is 2.44. The summed E-state index contributed by atoms with van der Waals surface area (Å²) in [5, 5.41) is 4.07. The van der Waals surface area contributed by atoms with E-state index in [1.807, 2.05) is 13.1 Å². The molecule has 1 nitrogen and oxygen atoms in total. The first-order valence-corrected chi connectivity index (χ1v) is 4.35. The van der Waals surface area contributed by atoms with E-state index < -0.39 is 0 Å². The fourth-order valence-electron chi connectivity index (χ4n) is 0.511. The van der Waals surface area contributed by atoms with Gasteiger partial charge in [0.25, 0.3) is 0 Å². The van der Waals surface area contributed by atoms with E-state index in [0.29, 0.717) is 0 Å². The molecule has 1 heterocycles. The van der Waals surface area contributed by atoms with Gasteiger partial charge in [-0.2, -0.15) is 0 Å². The molecule has 1 aromatic rings. The molecule has 4 heteroatoms. The number of nitrogens with one attached hydrogen (secondary N) is 1. The summed E-state index contributed by atoms with van der Waals surface area (Å²) in [5.41, 5.74) is 0. The van der Waals surface area contributed by atoms with Crippen molar-refractivity contribution in [1.29, 1.82) is 0 Å². The maximum atomic E-state index is 5.69. The summed E-state index contributed by atoms with van der Waals surface area (Å²) >= 11 is 10.6. The van der Waals surface area contributed by atoms with Crippen LogP contribution in [-0.2, 0) is 0 Å². The zero-order valence-corrected chi connectivity index (χ0v) is 7.90. The van der Waals surface area contributed by atoms with E-state index in [0.717, 1.165) is 13.8 Å². The van der Waals surface area contributed by atoms with Crippen molar-refractivity contribution in [2.24, 2.45) is 0 Å². The van der Waals surface area contributed by atoms with Gasteiger partial charge in [0.15, 0.2) is 0 Å². The Balaban J connectivity index is 3.01. The van der Waals surface area contributed by atoms with Crippen molar-refractivity contribution >= 4 is 43.9 Å². The molecule has 1 rings (SSSR count). The van der Waals surface area contributed by atoms with Crippen LogP contribution in [0.4, 0.5) is 5.00 Å². The summed E-state index contributed by atoms with van der Waals surface area (Å²) in [6.45, 7) is 0. The summed E-state index contributed by atoms with van der Waals surface area (Å²) in [7, 11) is 1.87. The van der Waals surface area contributed by atoms with Gasteiger partial charge >= 0.3 is 0 Å². The Labute approximate surface area is 71.2 Å². The van der Waals surface area contributed by atoms with Crippen LogP contribution in [-0.4, -0.2) is 7.05 Å². The maximum absolute atomic E-state index is 5.69. The molecule has 0 amide bonds. The predicted octanol–water partition coefficient (Wildman–Crippen LogP) is 3.21. The molecule has 1 N–H and O–H groups in total. The van der Waals surface area contributed by atoms with E-state index in [1.165, 1.54) is 11.3 Å². The Bertz CT molecular complexity index is 211. The molecule has 50 valence electrons. The van der Waals surface area contributed by atoms with Crippen LogP contribution in [0.25, 0.3) is 0 Å². The minimum absolute atomic E-state index is 0.797. The molecule has 1 aromatic heterocycles. The van der Waals surface area contributed by atoms with Crippen LogP contribution in [0.5, 0.6) is 0 Å². The second kappa shape index (κ2) is 2.90. The Morgan fingerprint density at radius 1 is 1.78 bits per heavy atom. The lowest BCUT2D eigenvalue weighted by molar-refractivity contribution is 1.58. The van der Waals surface area contributed by atoms with Crippen LogP contribution in [0.15, 0.2) is 10.5 Å². The SMILES string of the molecule is CNc1sc(Cl)cc1Br. The smallest absolute Gasteiger partial charge is 0.104 e. The fraction of sp³-hybridized carbons (Fsp3) is 0.200. The molecular formula is C5H5BrClNS. The van der Waals surface area contributed by atoms with Crippen LogP contribution < -0.4 is 5.32 Å². The van der Waals surface area contributed by atoms with Crippen LogP contribution in [0, 0.1) is 0 Å². The van der Waals surface area contributed by atoms with Crippen molar-refractivity contribution in [3.05, 3.63) is 14.9 Å². The van der Waals surface area contributed by atoms with Gasteiger partial charge in [0.05, 0.1) is 8.81 Å². The first-order chi connectivity index (χ1) is 4.24. The summed E-state index contributed by atoms with van der Waals surface area (Å²) in [6.07, 6.45) is 0. The zero-order chi connectivity index (χ0) is 6.85. The normalized spacial score (nSPS) is 9.67. The lowest BCUT2D eigenvalue weighted by Crippen LogP contribution is -1.81. The Kier molecular flexibility index (Phi) is 2.38. The van der Waals surface area contributed by atoms with Crippen molar-refractivity contribution in [3.8, 4) is 0 Å². The second-order valence-corrected chi connectivity index (χ2v) is 4.02. The average Bonchev–Trinajstić information content (AvgIpc) is 2.10. The highest BCUT2D eigenvalue weighted by molar-refractivity contribution is 9.10. The number of halogens is 2. The highest BCUT2D eigenvalue weighted by Gasteiger charge is 2.00. The summed E-state index contributed by atoms with van der Waals surface area (Å²) in [4.78, 5) is 0. The minimum Gasteiger partial charge on any atom is -0.379 e. The topological polar surface area (TPSA) is 12.0 Å². The third-order valence-electron chi connectivity index (χ3n) is 0.884. The van der Waals surface area contributed by atoms with E-state index in [-0.39, 0.29) is 0 Å². The zero-order valence-electron chi connectivity index (χ0n) is 4.74. The molecule has 0 fully saturated rings. The van der Waals surface area contributed by atoms with Gasteiger partial charge in [-0.1, -0.05) is 11.6 Å². The molecule has 0 aromatic carbocycles. The molecule has 0 atom stereocenters. The van der Waals surface area contributed by atoms with Gasteiger partial charge < -0.3 is 5.32 Å². The number of anilines is 1. The molecule has 0 spiro atoms. The monoisotopic (exact) mass is 225 g/mol. The maximum Gasteiger partial charge on any atom is 0.104 e. The molecule has 0 saturated carbocycles. The molecule has 9 heavy (non-hydrogen) atoms. The Morgan fingerprint density at radius 2 is 2.44 bits per heavy atom. The molecule has 0 unspecified atom stereocenters. The molecule has 0 aliphatic rings. The van der Waals surface area contributed by atoms with Gasteiger partial charge in [0.1, 0.15) is 5.00 Å². The van der Waals surface area contributed by atoms with Gasteiger partial charge in [-0.25, -0.2) is 0 Å². The highest BCUT2D eigenvalue weighted by Crippen LogP contribution is 2.34. The van der Waals surface area contributed by atoms with Crippen molar-refractivity contribution in [1.82, 2.24) is 0 Å². The summed E-state index contributed by atoms with van der Waals surface area (Å²) in [5.74, 6) is 0. The first-order valence-electron chi connectivity index (χ1n) is 2.36. The van der Waals surface area contributed by atoms with E-state index in [4.69, 9.17) is 11.6 Å². The Morgan fingerprint density at radius 3 is 2.67 bits per heavy atom. The molecule has 0 aliphatic carbocycles. The molecule has 0 saturated heterocycles. The van der Waals surface area contributed by atoms with E-state index in [2.05, 4.69) is 21.2 Å². The van der Waals surface area contributed by atoms with Crippen LogP contribution >= 0.6 is 38.9 Å². The highest BCUT2D eigenvalue weighted by atomic mass is 79.9. The molecule has 0 aliphatic heterocycles. The first kappa shape index (κ1) is 7.38. The quantitative estimate of drug-likeness (QED) is 0.775. The van der Waals surface area contributed by atoms with Crippen LogP contribution in [0.2, 0.25) is 4.34 Å². The third kappa shape index (κ3) is 1.60. The number of rotatable bonds is 1. The summed E-state index contributed by atoms with van der Waals surface area (Å²) < 4.78 is 1.83. The van der Waals surface area contributed by atoms with Gasteiger partial charge in [-0.05, 0) is 22.0 Å². The lowest BCUT2D eigenvalue weighted by atomic mass is 10.6. The number of hydrogen-bond donors (Lipinski definition) is 1. The van der Waals surface area contributed by atoms with E-state index >= 15 is 0 Å². The molecule has 0 bridgehead atoms. The second-order valence-electron chi connectivity index (χ2n) is 1.48. The molecular weight excluding hydrogens is 221 g/mol. The van der Waals surface area contributed by atoms with Crippen molar-refractivity contribution in [2.45, 2.75) is 0 Å². The molecule has 0 radical (unpaired) electrons. The Hall–Kier alpha value is 0.270. The minimum atomic E-state index is 0.797. The van der Waals surface area contributed by atoms with Gasteiger partial charge in [0.2, 0.25) is 0 Å².